The summed E-state index contributed by atoms with van der Waals surface area (Å²) in [5.74, 6) is -1.84. The highest BCUT2D eigenvalue weighted by Gasteiger charge is 2.15. The fourth-order valence-electron chi connectivity index (χ4n) is 1.73. The Morgan fingerprint density at radius 1 is 1.17 bits per heavy atom. The van der Waals surface area contributed by atoms with Gasteiger partial charge in [0.2, 0.25) is 11.6 Å². The Morgan fingerprint density at radius 3 is 2.43 bits per heavy atom. The van der Waals surface area contributed by atoms with Gasteiger partial charge in [-0.15, -0.1) is 10.2 Å². The van der Waals surface area contributed by atoms with Gasteiger partial charge >= 0.3 is 11.7 Å². The maximum Gasteiger partial charge on any atom is 0.335 e. The van der Waals surface area contributed by atoms with Crippen molar-refractivity contribution in [2.24, 2.45) is 24.3 Å². The number of aromatic hydroxyl groups is 1. The number of carbonyl (C=O) groups is 1. The van der Waals surface area contributed by atoms with Gasteiger partial charge in [0.1, 0.15) is 5.69 Å². The smallest absolute Gasteiger partial charge is 0.335 e. The molecule has 2 rings (SSSR count). The van der Waals surface area contributed by atoms with Crippen LogP contribution in [0.3, 0.4) is 0 Å². The van der Waals surface area contributed by atoms with Gasteiger partial charge in [-0.1, -0.05) is 11.6 Å². The number of rotatable bonds is 3. The minimum atomic E-state index is -1.18. The Balaban J connectivity index is 2.59. The van der Waals surface area contributed by atoms with Crippen LogP contribution in [0.15, 0.2) is 38.0 Å². The van der Waals surface area contributed by atoms with Gasteiger partial charge in [-0.2, -0.15) is 0 Å². The van der Waals surface area contributed by atoms with E-state index in [9.17, 15) is 19.5 Å². The fourth-order valence-corrected chi connectivity index (χ4v) is 1.88. The van der Waals surface area contributed by atoms with Crippen molar-refractivity contribution in [1.29, 1.82) is 0 Å². The van der Waals surface area contributed by atoms with E-state index in [1.165, 1.54) is 26.2 Å². The summed E-state index contributed by atoms with van der Waals surface area (Å²) in [6.45, 7) is 0. The summed E-state index contributed by atoms with van der Waals surface area (Å²) in [5.41, 5.74) is -2.11. The third-order valence-corrected chi connectivity index (χ3v) is 3.38. The molecular formula is C13H11ClN4O5. The third-order valence-electron chi connectivity index (χ3n) is 3.06. The van der Waals surface area contributed by atoms with Crippen LogP contribution in [0.5, 0.6) is 5.88 Å². The van der Waals surface area contributed by atoms with Crippen molar-refractivity contribution in [3.63, 3.8) is 0 Å². The Labute approximate surface area is 133 Å². The second kappa shape index (κ2) is 6.05. The molecule has 0 aliphatic heterocycles. The topological polar surface area (TPSA) is 126 Å². The summed E-state index contributed by atoms with van der Waals surface area (Å²) < 4.78 is 1.58. The molecule has 0 atom stereocenters. The molecule has 0 radical (unpaired) electrons. The molecule has 23 heavy (non-hydrogen) atoms. The van der Waals surface area contributed by atoms with E-state index in [0.717, 1.165) is 15.2 Å². The number of nitrogens with zero attached hydrogens (tertiary/aromatic N) is 4. The van der Waals surface area contributed by atoms with Crippen molar-refractivity contribution in [3.05, 3.63) is 49.6 Å². The van der Waals surface area contributed by atoms with Crippen LogP contribution < -0.4 is 11.2 Å². The molecule has 2 aromatic rings. The molecule has 1 aromatic heterocycles. The fraction of sp³-hybridized carbons (Fsp3) is 0.154. The SMILES string of the molecule is Cn1c(O)c(N=Nc2cc(C(=O)O)ccc2Cl)c(=O)n(C)c1=O. The molecule has 0 saturated heterocycles. The zero-order chi connectivity index (χ0) is 17.3. The lowest BCUT2D eigenvalue weighted by molar-refractivity contribution is 0.0697. The van der Waals surface area contributed by atoms with Crippen molar-refractivity contribution in [2.45, 2.75) is 0 Å². The van der Waals surface area contributed by atoms with Gasteiger partial charge in [-0.3, -0.25) is 13.9 Å². The number of aromatic carboxylic acids is 1. The molecule has 0 bridgehead atoms. The lowest BCUT2D eigenvalue weighted by Gasteiger charge is -2.06. The maximum atomic E-state index is 12.0. The van der Waals surface area contributed by atoms with Crippen molar-refractivity contribution < 1.29 is 15.0 Å². The number of aromatic nitrogens is 2. The Kier molecular flexibility index (Phi) is 4.32. The molecule has 120 valence electrons. The van der Waals surface area contributed by atoms with Crippen LogP contribution in [-0.2, 0) is 14.1 Å². The highest BCUT2D eigenvalue weighted by atomic mass is 35.5. The van der Waals surface area contributed by atoms with E-state index in [0.29, 0.717) is 0 Å². The molecule has 0 saturated carbocycles. The molecule has 9 nitrogen and oxygen atoms in total. The Bertz CT molecular complexity index is 945. The minimum absolute atomic E-state index is 0.00173. The van der Waals surface area contributed by atoms with Crippen LogP contribution >= 0.6 is 11.6 Å². The summed E-state index contributed by atoms with van der Waals surface area (Å²) in [6.07, 6.45) is 0. The third kappa shape index (κ3) is 2.99. The second-order valence-corrected chi connectivity index (χ2v) is 4.96. The second-order valence-electron chi connectivity index (χ2n) is 4.55. The summed E-state index contributed by atoms with van der Waals surface area (Å²) >= 11 is 5.89. The molecule has 0 unspecified atom stereocenters. The Hall–Kier alpha value is -2.94. The van der Waals surface area contributed by atoms with Gasteiger partial charge in [-0.25, -0.2) is 9.59 Å². The molecule has 2 N–H and O–H groups in total. The number of benzene rings is 1. The molecule has 0 fully saturated rings. The first kappa shape index (κ1) is 16.4. The lowest BCUT2D eigenvalue weighted by atomic mass is 10.2. The van der Waals surface area contributed by atoms with Crippen molar-refractivity contribution in [1.82, 2.24) is 9.13 Å². The predicted molar refractivity (Wildman–Crippen MR) is 81.2 cm³/mol. The number of hydrogen-bond acceptors (Lipinski definition) is 6. The molecular weight excluding hydrogens is 328 g/mol. The zero-order valence-corrected chi connectivity index (χ0v) is 12.8. The molecule has 0 aliphatic carbocycles. The van der Waals surface area contributed by atoms with Crippen LogP contribution in [0.4, 0.5) is 11.4 Å². The van der Waals surface area contributed by atoms with Crippen LogP contribution in [0.2, 0.25) is 5.02 Å². The largest absolute Gasteiger partial charge is 0.493 e. The maximum absolute atomic E-state index is 12.0. The van der Waals surface area contributed by atoms with E-state index in [1.807, 2.05) is 0 Å². The van der Waals surface area contributed by atoms with Crippen molar-refractivity contribution in [3.8, 4) is 5.88 Å². The van der Waals surface area contributed by atoms with E-state index in [-0.39, 0.29) is 16.3 Å². The van der Waals surface area contributed by atoms with Crippen molar-refractivity contribution >= 4 is 28.9 Å². The van der Waals surface area contributed by atoms with Gasteiger partial charge in [0, 0.05) is 14.1 Å². The number of carboxylic acid groups (broad SMARTS) is 1. The molecule has 1 heterocycles. The molecule has 0 spiro atoms. The average Bonchev–Trinajstić information content (AvgIpc) is 2.52. The number of azo groups is 1. The first-order valence-corrected chi connectivity index (χ1v) is 6.55. The first-order chi connectivity index (χ1) is 10.7. The minimum Gasteiger partial charge on any atom is -0.493 e. The summed E-state index contributed by atoms with van der Waals surface area (Å²) in [6, 6.07) is 3.77. The zero-order valence-electron chi connectivity index (χ0n) is 12.0. The summed E-state index contributed by atoms with van der Waals surface area (Å²) in [4.78, 5) is 34.5. The predicted octanol–water partition coefficient (Wildman–Crippen LogP) is 1.56. The lowest BCUT2D eigenvalue weighted by Crippen LogP contribution is -2.36. The highest BCUT2D eigenvalue weighted by molar-refractivity contribution is 6.33. The molecule has 1 aromatic carbocycles. The van der Waals surface area contributed by atoms with E-state index >= 15 is 0 Å². The van der Waals surface area contributed by atoms with Gasteiger partial charge in [-0.05, 0) is 18.2 Å². The Morgan fingerprint density at radius 2 is 1.83 bits per heavy atom. The van der Waals surface area contributed by atoms with E-state index in [4.69, 9.17) is 16.7 Å². The van der Waals surface area contributed by atoms with Gasteiger partial charge in [0.05, 0.1) is 10.6 Å². The monoisotopic (exact) mass is 338 g/mol. The van der Waals surface area contributed by atoms with E-state index in [1.54, 1.807) is 0 Å². The van der Waals surface area contributed by atoms with Crippen molar-refractivity contribution in [2.75, 3.05) is 0 Å². The number of halogens is 1. The highest BCUT2D eigenvalue weighted by Crippen LogP contribution is 2.29. The van der Waals surface area contributed by atoms with Crippen LogP contribution in [0.1, 0.15) is 10.4 Å². The van der Waals surface area contributed by atoms with Crippen LogP contribution in [0, 0.1) is 0 Å². The molecule has 0 aliphatic rings. The normalized spacial score (nSPS) is 11.1. The van der Waals surface area contributed by atoms with E-state index < -0.39 is 28.8 Å². The average molecular weight is 339 g/mol. The van der Waals surface area contributed by atoms with Gasteiger partial charge < -0.3 is 10.2 Å². The summed E-state index contributed by atoms with van der Waals surface area (Å²) in [5, 5.41) is 26.2. The quantitative estimate of drug-likeness (QED) is 0.821. The van der Waals surface area contributed by atoms with Crippen LogP contribution in [-0.4, -0.2) is 25.3 Å². The number of carboxylic acids is 1. The van der Waals surface area contributed by atoms with Gasteiger partial charge in [0.15, 0.2) is 0 Å². The molecule has 10 heteroatoms. The number of hydrogen-bond donors (Lipinski definition) is 2. The molecule has 0 amide bonds. The first-order valence-electron chi connectivity index (χ1n) is 6.17. The summed E-state index contributed by atoms with van der Waals surface area (Å²) in [7, 11) is 2.48. The standard InChI is InChI=1S/C13H11ClN4O5/c1-17-10(19)9(11(20)18(2)13(17)23)16-15-8-5-6(12(21)22)3-4-7(8)14/h3-5,19H,1-2H3,(H,21,22). The van der Waals surface area contributed by atoms with E-state index in [2.05, 4.69) is 10.2 Å². The van der Waals surface area contributed by atoms with Crippen LogP contribution in [0.25, 0.3) is 0 Å². The van der Waals surface area contributed by atoms with Gasteiger partial charge in [0.25, 0.3) is 5.56 Å².